The minimum Gasteiger partial charge on any atom is -0.303 e. The minimum absolute atomic E-state index is 0.206. The monoisotopic (exact) mass is 351 g/mol. The van der Waals surface area contributed by atoms with E-state index in [1.165, 1.54) is 24.3 Å². The van der Waals surface area contributed by atoms with Crippen LogP contribution in [0.5, 0.6) is 0 Å². The van der Waals surface area contributed by atoms with Gasteiger partial charge in [0.1, 0.15) is 17.5 Å². The zero-order chi connectivity index (χ0) is 16.9. The van der Waals surface area contributed by atoms with Crippen molar-refractivity contribution in [3.8, 4) is 0 Å². The van der Waals surface area contributed by atoms with Crippen LogP contribution in [0.25, 0.3) is 0 Å². The molecule has 1 aliphatic rings. The normalized spacial score (nSPS) is 16.5. The highest BCUT2D eigenvalue weighted by Crippen LogP contribution is 2.30. The molecule has 1 fully saturated rings. The Labute approximate surface area is 144 Å². The summed E-state index contributed by atoms with van der Waals surface area (Å²) >= 11 is 1.80. The van der Waals surface area contributed by atoms with Crippen LogP contribution in [-0.4, -0.2) is 29.8 Å². The van der Waals surface area contributed by atoms with Crippen LogP contribution in [0.15, 0.2) is 47.4 Å². The highest BCUT2D eigenvalue weighted by molar-refractivity contribution is 8.00. The van der Waals surface area contributed by atoms with Crippen molar-refractivity contribution in [2.24, 2.45) is 0 Å². The maximum atomic E-state index is 13.6. The Kier molecular flexibility index (Phi) is 5.85. The van der Waals surface area contributed by atoms with Gasteiger partial charge in [-0.05, 0) is 68.2 Å². The molecule has 1 aliphatic heterocycles. The Morgan fingerprint density at radius 3 is 2.25 bits per heavy atom. The molecule has 0 aromatic heterocycles. The fourth-order valence-corrected chi connectivity index (χ4v) is 4.08. The van der Waals surface area contributed by atoms with Crippen LogP contribution in [0, 0.1) is 17.5 Å². The van der Waals surface area contributed by atoms with Gasteiger partial charge >= 0.3 is 0 Å². The number of piperidine rings is 1. The van der Waals surface area contributed by atoms with Crippen LogP contribution in [0.1, 0.15) is 18.4 Å². The molecule has 2 aromatic rings. The molecule has 0 radical (unpaired) electrons. The van der Waals surface area contributed by atoms with Gasteiger partial charge in [-0.25, -0.2) is 13.2 Å². The lowest BCUT2D eigenvalue weighted by Gasteiger charge is -2.31. The molecule has 24 heavy (non-hydrogen) atoms. The fraction of sp³-hybridized carbons (Fsp3) is 0.368. The average Bonchev–Trinajstić information content (AvgIpc) is 2.57. The van der Waals surface area contributed by atoms with Crippen LogP contribution in [-0.2, 0) is 6.42 Å². The van der Waals surface area contributed by atoms with Gasteiger partial charge in [-0.2, -0.15) is 0 Å². The second-order valence-corrected chi connectivity index (χ2v) is 7.47. The van der Waals surface area contributed by atoms with Crippen LogP contribution >= 0.6 is 11.8 Å². The maximum Gasteiger partial charge on any atom is 0.129 e. The van der Waals surface area contributed by atoms with Crippen molar-refractivity contribution in [3.63, 3.8) is 0 Å². The number of benzene rings is 2. The van der Waals surface area contributed by atoms with Crippen molar-refractivity contribution in [1.29, 1.82) is 0 Å². The van der Waals surface area contributed by atoms with Crippen molar-refractivity contribution < 1.29 is 13.2 Å². The van der Waals surface area contributed by atoms with Crippen molar-refractivity contribution >= 4 is 11.8 Å². The molecule has 0 bridgehead atoms. The zero-order valence-electron chi connectivity index (χ0n) is 13.4. The number of hydrogen-bond acceptors (Lipinski definition) is 2. The molecule has 0 atom stereocenters. The van der Waals surface area contributed by atoms with Gasteiger partial charge < -0.3 is 4.90 Å². The Morgan fingerprint density at radius 1 is 0.917 bits per heavy atom. The number of rotatable bonds is 5. The largest absolute Gasteiger partial charge is 0.303 e. The summed E-state index contributed by atoms with van der Waals surface area (Å²) < 4.78 is 39.5. The van der Waals surface area contributed by atoms with E-state index >= 15 is 0 Å². The van der Waals surface area contributed by atoms with Crippen molar-refractivity contribution in [2.75, 3.05) is 19.6 Å². The summed E-state index contributed by atoms with van der Waals surface area (Å²) in [6, 6.07) is 10.4. The van der Waals surface area contributed by atoms with Crippen LogP contribution in [0.3, 0.4) is 0 Å². The zero-order valence-corrected chi connectivity index (χ0v) is 14.2. The number of halogens is 3. The first-order valence-corrected chi connectivity index (χ1v) is 9.06. The molecular formula is C19H20F3NS. The highest BCUT2D eigenvalue weighted by atomic mass is 32.2. The topological polar surface area (TPSA) is 3.24 Å². The van der Waals surface area contributed by atoms with Crippen molar-refractivity contribution in [3.05, 3.63) is 65.5 Å². The molecule has 1 nitrogen and oxygen atoms in total. The van der Waals surface area contributed by atoms with E-state index in [0.29, 0.717) is 17.2 Å². The molecule has 0 saturated carbocycles. The van der Waals surface area contributed by atoms with Crippen LogP contribution in [0.4, 0.5) is 13.2 Å². The third-order valence-corrected chi connectivity index (χ3v) is 5.71. The van der Waals surface area contributed by atoms with Gasteiger partial charge in [0, 0.05) is 22.8 Å². The van der Waals surface area contributed by atoms with Gasteiger partial charge in [0.2, 0.25) is 0 Å². The summed E-state index contributed by atoms with van der Waals surface area (Å²) in [6.07, 6.45) is 2.73. The first kappa shape index (κ1) is 17.4. The fourth-order valence-electron chi connectivity index (χ4n) is 2.96. The van der Waals surface area contributed by atoms with Crippen LogP contribution < -0.4 is 0 Å². The van der Waals surface area contributed by atoms with Crippen LogP contribution in [0.2, 0.25) is 0 Å². The molecule has 1 heterocycles. The predicted octanol–water partition coefficient (Wildman–Crippen LogP) is 4.90. The van der Waals surface area contributed by atoms with Gasteiger partial charge in [-0.1, -0.05) is 6.07 Å². The highest BCUT2D eigenvalue weighted by Gasteiger charge is 2.20. The van der Waals surface area contributed by atoms with Gasteiger partial charge in [-0.3, -0.25) is 0 Å². The molecule has 3 rings (SSSR count). The molecule has 0 unspecified atom stereocenters. The quantitative estimate of drug-likeness (QED) is 0.753. The van der Waals surface area contributed by atoms with E-state index in [2.05, 4.69) is 4.90 Å². The summed E-state index contributed by atoms with van der Waals surface area (Å²) in [5, 5.41) is 0.536. The van der Waals surface area contributed by atoms with E-state index in [1.807, 2.05) is 12.1 Å². The molecule has 0 amide bonds. The van der Waals surface area contributed by atoms with Gasteiger partial charge in [0.15, 0.2) is 0 Å². The molecule has 2 aromatic carbocycles. The maximum absolute atomic E-state index is 13.6. The molecule has 128 valence electrons. The number of thioether (sulfide) groups is 1. The summed E-state index contributed by atoms with van der Waals surface area (Å²) in [6.45, 7) is 2.74. The number of nitrogens with zero attached hydrogens (tertiary/aromatic N) is 1. The third-order valence-electron chi connectivity index (χ3n) is 4.36. The minimum atomic E-state index is -0.533. The molecular weight excluding hydrogens is 331 g/mol. The van der Waals surface area contributed by atoms with E-state index in [4.69, 9.17) is 0 Å². The number of likely N-dealkylation sites (tertiary alicyclic amines) is 1. The van der Waals surface area contributed by atoms with Crippen molar-refractivity contribution in [1.82, 2.24) is 4.90 Å². The molecule has 0 N–H and O–H groups in total. The lowest BCUT2D eigenvalue weighted by molar-refractivity contribution is 0.235. The smallest absolute Gasteiger partial charge is 0.129 e. The van der Waals surface area contributed by atoms with E-state index in [1.54, 1.807) is 11.8 Å². The third kappa shape index (κ3) is 4.77. The molecule has 0 aliphatic carbocycles. The predicted molar refractivity (Wildman–Crippen MR) is 91.8 cm³/mol. The molecule has 0 spiro atoms. The summed E-state index contributed by atoms with van der Waals surface area (Å²) in [5.74, 6) is -1.20. The van der Waals surface area contributed by atoms with Gasteiger partial charge in [0.05, 0.1) is 0 Å². The first-order valence-electron chi connectivity index (χ1n) is 8.18. The van der Waals surface area contributed by atoms with E-state index in [-0.39, 0.29) is 5.82 Å². The Hall–Kier alpha value is -1.46. The lowest BCUT2D eigenvalue weighted by atomic mass is 10.1. The van der Waals surface area contributed by atoms with Crippen molar-refractivity contribution in [2.45, 2.75) is 29.4 Å². The van der Waals surface area contributed by atoms with Gasteiger partial charge in [0.25, 0.3) is 0 Å². The molecule has 1 saturated heterocycles. The lowest BCUT2D eigenvalue weighted by Crippen LogP contribution is -2.36. The van der Waals surface area contributed by atoms with E-state index in [0.717, 1.165) is 43.4 Å². The standard InChI is InChI=1S/C19H20F3NS/c20-15-3-5-17(6-4-15)24-18-8-11-23(12-9-18)10-7-14-1-2-16(21)13-19(14)22/h1-6,13,18H,7-12H2. The number of hydrogen-bond donors (Lipinski definition) is 0. The SMILES string of the molecule is Fc1ccc(SC2CCN(CCc3ccc(F)cc3F)CC2)cc1. The summed E-state index contributed by atoms with van der Waals surface area (Å²) in [5.41, 5.74) is 0.569. The average molecular weight is 351 g/mol. The Balaban J connectivity index is 1.44. The van der Waals surface area contributed by atoms with E-state index < -0.39 is 11.6 Å². The van der Waals surface area contributed by atoms with E-state index in [9.17, 15) is 13.2 Å². The summed E-state index contributed by atoms with van der Waals surface area (Å²) in [7, 11) is 0. The first-order chi connectivity index (χ1) is 11.6. The van der Waals surface area contributed by atoms with Gasteiger partial charge in [-0.15, -0.1) is 11.8 Å². The molecule has 5 heteroatoms. The second-order valence-electron chi connectivity index (χ2n) is 6.10. The second kappa shape index (κ2) is 8.08. The summed E-state index contributed by atoms with van der Waals surface area (Å²) in [4.78, 5) is 3.42. The Morgan fingerprint density at radius 2 is 1.58 bits per heavy atom. The Bertz CT molecular complexity index is 667.